The van der Waals surface area contributed by atoms with Gasteiger partial charge < -0.3 is 9.84 Å². The number of alkyl halides is 1. The predicted octanol–water partition coefficient (Wildman–Crippen LogP) is 1.09. The quantitative estimate of drug-likeness (QED) is 0.576. The van der Waals surface area contributed by atoms with E-state index >= 15 is 0 Å². The third-order valence-electron chi connectivity index (χ3n) is 5.25. The zero-order valence-electron chi connectivity index (χ0n) is 12.2. The number of rotatable bonds is 5. The number of carbonyl (C=O) groups is 1. The summed E-state index contributed by atoms with van der Waals surface area (Å²) < 4.78 is 48.2. The Morgan fingerprint density at radius 3 is 2.36 bits per heavy atom. The summed E-state index contributed by atoms with van der Waals surface area (Å²) >= 11 is 0. The van der Waals surface area contributed by atoms with Crippen molar-refractivity contribution < 1.29 is 32.0 Å². The maximum atomic E-state index is 13.4. The Hall–Kier alpha value is -0.730. The molecule has 0 aromatic rings. The molecule has 22 heavy (non-hydrogen) atoms. The number of halogens is 1. The van der Waals surface area contributed by atoms with Crippen LogP contribution >= 0.6 is 0 Å². The number of hydrogen-bond donors (Lipinski definition) is 2. The average molecular weight is 336 g/mol. The standard InChI is InChI=1S/C14H21FO6S/c15-11(7-22(18,19)20)6-21-12(16)13-2-9-1-10(3-13)5-14(17,4-9)8-13/h9-11,17H,1-8H2,(H,18,19,20). The molecule has 0 spiro atoms. The Labute approximate surface area is 128 Å². The number of hydrogen-bond acceptors (Lipinski definition) is 5. The maximum Gasteiger partial charge on any atom is 0.312 e. The first-order chi connectivity index (χ1) is 10.1. The fourth-order valence-corrected chi connectivity index (χ4v) is 5.60. The molecule has 4 aliphatic carbocycles. The van der Waals surface area contributed by atoms with Crippen molar-refractivity contribution in [3.63, 3.8) is 0 Å². The van der Waals surface area contributed by atoms with Crippen LogP contribution in [0.5, 0.6) is 0 Å². The molecule has 126 valence electrons. The molecular weight excluding hydrogens is 315 g/mol. The second kappa shape index (κ2) is 5.14. The van der Waals surface area contributed by atoms with Crippen LogP contribution in [0.15, 0.2) is 0 Å². The van der Waals surface area contributed by atoms with Crippen LogP contribution in [0.25, 0.3) is 0 Å². The molecule has 4 aliphatic rings. The second-order valence-corrected chi connectivity index (χ2v) is 8.91. The third kappa shape index (κ3) is 3.14. The van der Waals surface area contributed by atoms with Crippen molar-refractivity contribution in [3.05, 3.63) is 0 Å². The molecule has 0 amide bonds. The first kappa shape index (κ1) is 16.1. The van der Waals surface area contributed by atoms with Crippen molar-refractivity contribution in [2.45, 2.75) is 50.3 Å². The van der Waals surface area contributed by atoms with E-state index in [0.717, 1.165) is 6.42 Å². The fourth-order valence-electron chi connectivity index (χ4n) is 5.05. The van der Waals surface area contributed by atoms with Gasteiger partial charge in [-0.1, -0.05) is 0 Å². The fraction of sp³-hybridized carbons (Fsp3) is 0.929. The zero-order chi connectivity index (χ0) is 16.2. The minimum Gasteiger partial charge on any atom is -0.462 e. The van der Waals surface area contributed by atoms with Gasteiger partial charge in [-0.15, -0.1) is 0 Å². The molecule has 4 saturated carbocycles. The summed E-state index contributed by atoms with van der Waals surface area (Å²) in [5.74, 6) is -1.02. The summed E-state index contributed by atoms with van der Waals surface area (Å²) in [6, 6.07) is 0. The molecule has 0 saturated heterocycles. The summed E-state index contributed by atoms with van der Waals surface area (Å²) in [5, 5.41) is 10.6. The Bertz CT molecular complexity index is 560. The Balaban J connectivity index is 1.63. The van der Waals surface area contributed by atoms with Gasteiger partial charge in [0.05, 0.1) is 11.0 Å². The van der Waals surface area contributed by atoms with Gasteiger partial charge in [0.1, 0.15) is 12.4 Å². The number of carbonyl (C=O) groups excluding carboxylic acids is 1. The van der Waals surface area contributed by atoms with E-state index < -0.39 is 45.6 Å². The van der Waals surface area contributed by atoms with Gasteiger partial charge in [0.2, 0.25) is 0 Å². The van der Waals surface area contributed by atoms with E-state index in [1.54, 1.807) is 0 Å². The molecule has 0 heterocycles. The molecular formula is C14H21FO6S. The first-order valence-corrected chi connectivity index (χ1v) is 9.19. The first-order valence-electron chi connectivity index (χ1n) is 7.58. The van der Waals surface area contributed by atoms with Crippen LogP contribution in [0.2, 0.25) is 0 Å². The highest BCUT2D eigenvalue weighted by Gasteiger charge is 2.60. The van der Waals surface area contributed by atoms with Crippen molar-refractivity contribution in [1.29, 1.82) is 0 Å². The lowest BCUT2D eigenvalue weighted by Gasteiger charge is -2.58. The molecule has 3 unspecified atom stereocenters. The van der Waals surface area contributed by atoms with E-state index in [1.165, 1.54) is 0 Å². The van der Waals surface area contributed by atoms with E-state index in [9.17, 15) is 22.7 Å². The lowest BCUT2D eigenvalue weighted by Crippen LogP contribution is -2.58. The molecule has 4 rings (SSSR count). The van der Waals surface area contributed by atoms with Gasteiger partial charge in [-0.05, 0) is 50.4 Å². The van der Waals surface area contributed by atoms with Gasteiger partial charge >= 0.3 is 5.97 Å². The van der Waals surface area contributed by atoms with Gasteiger partial charge in [-0.3, -0.25) is 9.35 Å². The molecule has 0 aliphatic heterocycles. The van der Waals surface area contributed by atoms with E-state index in [4.69, 9.17) is 9.29 Å². The van der Waals surface area contributed by atoms with E-state index in [-0.39, 0.29) is 0 Å². The highest BCUT2D eigenvalue weighted by molar-refractivity contribution is 7.85. The summed E-state index contributed by atoms with van der Waals surface area (Å²) in [6.07, 6.45) is 2.16. The SMILES string of the molecule is O=C(OCC(F)CS(=O)(=O)O)C12CC3CC(CC(O)(C3)C1)C2. The van der Waals surface area contributed by atoms with Crippen molar-refractivity contribution in [2.75, 3.05) is 12.4 Å². The Kier molecular flexibility index (Phi) is 3.77. The maximum absolute atomic E-state index is 13.4. The van der Waals surface area contributed by atoms with Crippen LogP contribution in [0.3, 0.4) is 0 Å². The summed E-state index contributed by atoms with van der Waals surface area (Å²) in [7, 11) is -4.43. The topological polar surface area (TPSA) is 101 Å². The van der Waals surface area contributed by atoms with Crippen LogP contribution in [0.4, 0.5) is 4.39 Å². The minimum atomic E-state index is -4.43. The zero-order valence-corrected chi connectivity index (χ0v) is 13.0. The number of ether oxygens (including phenoxy) is 1. The van der Waals surface area contributed by atoms with Gasteiger partial charge in [-0.25, -0.2) is 4.39 Å². The van der Waals surface area contributed by atoms with E-state index in [2.05, 4.69) is 0 Å². The third-order valence-corrected chi connectivity index (χ3v) is 6.03. The molecule has 6 nitrogen and oxygen atoms in total. The number of aliphatic hydroxyl groups is 1. The predicted molar refractivity (Wildman–Crippen MR) is 74.3 cm³/mol. The van der Waals surface area contributed by atoms with Crippen molar-refractivity contribution in [2.24, 2.45) is 17.3 Å². The van der Waals surface area contributed by atoms with Crippen LogP contribution in [0.1, 0.15) is 38.5 Å². The van der Waals surface area contributed by atoms with E-state index in [1.807, 2.05) is 0 Å². The lowest BCUT2D eigenvalue weighted by atomic mass is 9.48. The molecule has 3 atom stereocenters. The van der Waals surface area contributed by atoms with Crippen molar-refractivity contribution >= 4 is 16.1 Å². The van der Waals surface area contributed by atoms with Gasteiger partial charge in [0, 0.05) is 0 Å². The molecule has 0 aromatic heterocycles. The van der Waals surface area contributed by atoms with Gasteiger partial charge in [-0.2, -0.15) is 8.42 Å². The monoisotopic (exact) mass is 336 g/mol. The Morgan fingerprint density at radius 2 is 1.86 bits per heavy atom. The van der Waals surface area contributed by atoms with Crippen molar-refractivity contribution in [1.82, 2.24) is 0 Å². The molecule has 2 N–H and O–H groups in total. The van der Waals surface area contributed by atoms with Crippen LogP contribution < -0.4 is 0 Å². The normalized spacial score (nSPS) is 41.4. The minimum absolute atomic E-state index is 0.304. The molecule has 0 radical (unpaired) electrons. The molecule has 0 aromatic carbocycles. The van der Waals surface area contributed by atoms with Crippen molar-refractivity contribution in [3.8, 4) is 0 Å². The van der Waals surface area contributed by atoms with E-state index in [0.29, 0.717) is 43.9 Å². The van der Waals surface area contributed by atoms with Crippen LogP contribution in [0, 0.1) is 17.3 Å². The van der Waals surface area contributed by atoms with Gasteiger partial charge in [0.25, 0.3) is 10.1 Å². The molecule has 4 bridgehead atoms. The van der Waals surface area contributed by atoms with Gasteiger partial charge in [0.15, 0.2) is 6.17 Å². The number of esters is 1. The Morgan fingerprint density at radius 1 is 1.27 bits per heavy atom. The average Bonchev–Trinajstić information content (AvgIpc) is 2.30. The highest BCUT2D eigenvalue weighted by atomic mass is 32.2. The molecule has 4 fully saturated rings. The van der Waals surface area contributed by atoms with Crippen LogP contribution in [-0.2, 0) is 19.6 Å². The largest absolute Gasteiger partial charge is 0.462 e. The second-order valence-electron chi connectivity index (χ2n) is 7.41. The lowest BCUT2D eigenvalue weighted by molar-refractivity contribution is -0.197. The summed E-state index contributed by atoms with van der Waals surface area (Å²) in [5.41, 5.74) is -1.57. The highest BCUT2D eigenvalue weighted by Crippen LogP contribution is 2.61. The van der Waals surface area contributed by atoms with Crippen LogP contribution in [-0.4, -0.2) is 48.2 Å². The summed E-state index contributed by atoms with van der Waals surface area (Å²) in [6.45, 7) is -0.686. The molecule has 8 heteroatoms. The summed E-state index contributed by atoms with van der Waals surface area (Å²) in [4.78, 5) is 12.4. The smallest absolute Gasteiger partial charge is 0.312 e.